The number of aromatic nitrogens is 2. The second kappa shape index (κ2) is 4.29. The first kappa shape index (κ1) is 11.2. The summed E-state index contributed by atoms with van der Waals surface area (Å²) in [6, 6.07) is 9.42. The van der Waals surface area contributed by atoms with Crippen molar-refractivity contribution < 1.29 is 5.11 Å². The number of phenols is 1. The first-order valence-corrected chi connectivity index (χ1v) is 5.91. The standard InChI is InChI=1S/C12H13BrN2O/c1-8(2)15-11(7-12(13)14-15)9-4-3-5-10(16)6-9/h3-8,16H,1-2H3. The minimum Gasteiger partial charge on any atom is -0.508 e. The second-order valence-electron chi connectivity index (χ2n) is 3.94. The van der Waals surface area contributed by atoms with Gasteiger partial charge in [-0.3, -0.25) is 4.68 Å². The minimum atomic E-state index is 0.269. The van der Waals surface area contributed by atoms with Crippen LogP contribution in [0.2, 0.25) is 0 Å². The Morgan fingerprint density at radius 2 is 2.06 bits per heavy atom. The van der Waals surface area contributed by atoms with Crippen LogP contribution in [0.25, 0.3) is 11.3 Å². The van der Waals surface area contributed by atoms with Crippen molar-refractivity contribution in [2.45, 2.75) is 19.9 Å². The van der Waals surface area contributed by atoms with Gasteiger partial charge in [-0.1, -0.05) is 12.1 Å². The van der Waals surface area contributed by atoms with Crippen molar-refractivity contribution in [3.8, 4) is 17.0 Å². The lowest BCUT2D eigenvalue weighted by atomic mass is 10.1. The third-order valence-corrected chi connectivity index (χ3v) is 2.72. The number of hydrogen-bond donors (Lipinski definition) is 1. The highest BCUT2D eigenvalue weighted by atomic mass is 79.9. The van der Waals surface area contributed by atoms with E-state index in [2.05, 4.69) is 34.9 Å². The summed E-state index contributed by atoms with van der Waals surface area (Å²) < 4.78 is 2.73. The molecule has 1 aromatic heterocycles. The number of nitrogens with zero attached hydrogens (tertiary/aromatic N) is 2. The largest absolute Gasteiger partial charge is 0.508 e. The highest BCUT2D eigenvalue weighted by Gasteiger charge is 2.11. The highest BCUT2D eigenvalue weighted by Crippen LogP contribution is 2.27. The Morgan fingerprint density at radius 1 is 1.31 bits per heavy atom. The summed E-state index contributed by atoms with van der Waals surface area (Å²) in [4.78, 5) is 0. The lowest BCUT2D eigenvalue weighted by molar-refractivity contribution is 0.475. The summed E-state index contributed by atoms with van der Waals surface area (Å²) in [6.45, 7) is 4.15. The summed E-state index contributed by atoms with van der Waals surface area (Å²) >= 11 is 3.37. The fourth-order valence-electron chi connectivity index (χ4n) is 1.64. The van der Waals surface area contributed by atoms with E-state index in [1.165, 1.54) is 0 Å². The van der Waals surface area contributed by atoms with E-state index in [0.29, 0.717) is 0 Å². The van der Waals surface area contributed by atoms with Crippen molar-refractivity contribution in [1.29, 1.82) is 0 Å². The third kappa shape index (κ3) is 2.11. The first-order chi connectivity index (χ1) is 7.58. The maximum absolute atomic E-state index is 9.47. The fourth-order valence-corrected chi connectivity index (χ4v) is 2.03. The Bertz CT molecular complexity index is 505. The van der Waals surface area contributed by atoms with Gasteiger partial charge in [0.05, 0.1) is 5.69 Å². The molecule has 2 rings (SSSR count). The first-order valence-electron chi connectivity index (χ1n) is 5.12. The molecule has 84 valence electrons. The molecule has 0 fully saturated rings. The van der Waals surface area contributed by atoms with E-state index in [-0.39, 0.29) is 11.8 Å². The summed E-state index contributed by atoms with van der Waals surface area (Å²) in [5, 5.41) is 13.8. The summed E-state index contributed by atoms with van der Waals surface area (Å²) in [6.07, 6.45) is 0. The summed E-state index contributed by atoms with van der Waals surface area (Å²) in [5.41, 5.74) is 1.96. The Kier molecular flexibility index (Phi) is 3.01. The van der Waals surface area contributed by atoms with E-state index in [1.54, 1.807) is 12.1 Å². The number of phenolic OH excluding ortho intramolecular Hbond substituents is 1. The van der Waals surface area contributed by atoms with Crippen molar-refractivity contribution in [1.82, 2.24) is 9.78 Å². The van der Waals surface area contributed by atoms with Crippen LogP contribution >= 0.6 is 15.9 Å². The van der Waals surface area contributed by atoms with Crippen LogP contribution in [-0.2, 0) is 0 Å². The topological polar surface area (TPSA) is 38.0 Å². The van der Waals surface area contributed by atoms with Crippen molar-refractivity contribution in [2.24, 2.45) is 0 Å². The van der Waals surface area contributed by atoms with Crippen LogP contribution in [0.3, 0.4) is 0 Å². The molecule has 0 aliphatic rings. The number of aromatic hydroxyl groups is 1. The fraction of sp³-hybridized carbons (Fsp3) is 0.250. The van der Waals surface area contributed by atoms with E-state index in [0.717, 1.165) is 15.9 Å². The molecule has 0 atom stereocenters. The quantitative estimate of drug-likeness (QED) is 0.913. The molecule has 0 spiro atoms. The molecule has 16 heavy (non-hydrogen) atoms. The van der Waals surface area contributed by atoms with E-state index in [9.17, 15) is 5.11 Å². The maximum atomic E-state index is 9.47. The molecule has 1 heterocycles. The van der Waals surface area contributed by atoms with Crippen molar-refractivity contribution in [3.05, 3.63) is 34.9 Å². The van der Waals surface area contributed by atoms with Gasteiger partial charge in [-0.15, -0.1) is 0 Å². The van der Waals surface area contributed by atoms with Crippen LogP contribution in [0.15, 0.2) is 34.9 Å². The van der Waals surface area contributed by atoms with Crippen LogP contribution in [0.1, 0.15) is 19.9 Å². The van der Waals surface area contributed by atoms with Crippen LogP contribution in [0.4, 0.5) is 0 Å². The number of halogens is 1. The molecule has 0 bridgehead atoms. The second-order valence-corrected chi connectivity index (χ2v) is 4.75. The zero-order valence-corrected chi connectivity index (χ0v) is 10.8. The van der Waals surface area contributed by atoms with E-state index in [1.807, 2.05) is 22.9 Å². The van der Waals surface area contributed by atoms with Crippen molar-refractivity contribution >= 4 is 15.9 Å². The van der Waals surface area contributed by atoms with Crippen molar-refractivity contribution in [2.75, 3.05) is 0 Å². The van der Waals surface area contributed by atoms with Gasteiger partial charge in [-0.25, -0.2) is 0 Å². The smallest absolute Gasteiger partial charge is 0.128 e. The monoisotopic (exact) mass is 280 g/mol. The molecule has 1 aromatic carbocycles. The van der Waals surface area contributed by atoms with Gasteiger partial charge in [0.25, 0.3) is 0 Å². The van der Waals surface area contributed by atoms with E-state index >= 15 is 0 Å². The van der Waals surface area contributed by atoms with Crippen LogP contribution in [0.5, 0.6) is 5.75 Å². The molecule has 3 nitrogen and oxygen atoms in total. The SMILES string of the molecule is CC(C)n1nc(Br)cc1-c1cccc(O)c1. The zero-order chi connectivity index (χ0) is 11.7. The Hall–Kier alpha value is -1.29. The van der Waals surface area contributed by atoms with Gasteiger partial charge in [0, 0.05) is 11.6 Å². The van der Waals surface area contributed by atoms with Gasteiger partial charge in [-0.05, 0) is 48.0 Å². The van der Waals surface area contributed by atoms with Crippen LogP contribution < -0.4 is 0 Å². The molecular formula is C12H13BrN2O. The summed E-state index contributed by atoms with van der Waals surface area (Å²) in [5.74, 6) is 0.269. The van der Waals surface area contributed by atoms with Crippen molar-refractivity contribution in [3.63, 3.8) is 0 Å². The molecule has 4 heteroatoms. The average molecular weight is 281 g/mol. The number of rotatable bonds is 2. The molecule has 0 amide bonds. The molecule has 2 aromatic rings. The zero-order valence-electron chi connectivity index (χ0n) is 9.18. The molecular weight excluding hydrogens is 268 g/mol. The van der Waals surface area contributed by atoms with E-state index < -0.39 is 0 Å². The normalized spacial score (nSPS) is 11.0. The molecule has 0 aliphatic heterocycles. The lowest BCUT2D eigenvalue weighted by Crippen LogP contribution is -2.04. The lowest BCUT2D eigenvalue weighted by Gasteiger charge is -2.10. The Labute approximate surface area is 103 Å². The molecule has 0 unspecified atom stereocenters. The van der Waals surface area contributed by atoms with Gasteiger partial charge in [0.1, 0.15) is 10.4 Å². The van der Waals surface area contributed by atoms with Gasteiger partial charge >= 0.3 is 0 Å². The van der Waals surface area contributed by atoms with E-state index in [4.69, 9.17) is 0 Å². The Morgan fingerprint density at radius 3 is 2.69 bits per heavy atom. The van der Waals surface area contributed by atoms with Gasteiger partial charge in [0.15, 0.2) is 0 Å². The third-order valence-electron chi connectivity index (χ3n) is 2.34. The molecule has 0 aliphatic carbocycles. The van der Waals surface area contributed by atoms with Gasteiger partial charge in [0.2, 0.25) is 0 Å². The van der Waals surface area contributed by atoms with Crippen LogP contribution in [-0.4, -0.2) is 14.9 Å². The van der Waals surface area contributed by atoms with Crippen LogP contribution in [0, 0.1) is 0 Å². The van der Waals surface area contributed by atoms with Gasteiger partial charge in [-0.2, -0.15) is 5.10 Å². The molecule has 0 saturated carbocycles. The number of benzene rings is 1. The Balaban J connectivity index is 2.55. The molecule has 0 radical (unpaired) electrons. The highest BCUT2D eigenvalue weighted by molar-refractivity contribution is 9.10. The van der Waals surface area contributed by atoms with Gasteiger partial charge < -0.3 is 5.11 Å². The minimum absolute atomic E-state index is 0.269. The molecule has 0 saturated heterocycles. The maximum Gasteiger partial charge on any atom is 0.128 e. The molecule has 1 N–H and O–H groups in total. The predicted molar refractivity (Wildman–Crippen MR) is 67.4 cm³/mol. The average Bonchev–Trinajstić information content (AvgIpc) is 2.60. The summed E-state index contributed by atoms with van der Waals surface area (Å²) in [7, 11) is 0. The predicted octanol–water partition coefficient (Wildman–Crippen LogP) is 3.60. The number of hydrogen-bond acceptors (Lipinski definition) is 2.